The van der Waals surface area contributed by atoms with Gasteiger partial charge in [-0.1, -0.05) is 36.2 Å². The van der Waals surface area contributed by atoms with Crippen LogP contribution >= 0.6 is 23.2 Å². The number of carbonyl (C=O) groups excluding carboxylic acids is 1. The van der Waals surface area contributed by atoms with E-state index in [-0.39, 0.29) is 0 Å². The van der Waals surface area contributed by atoms with Gasteiger partial charge in [-0.15, -0.1) is 0 Å². The predicted octanol–water partition coefficient (Wildman–Crippen LogP) is 3.35. The Morgan fingerprint density at radius 2 is 2.20 bits per heavy atom. The lowest BCUT2D eigenvalue weighted by atomic mass is 10.1. The smallest absolute Gasteiger partial charge is 0.405 e. The number of nitrogens with two attached hydrogens (primary N) is 1. The maximum atomic E-state index is 10.6. The third kappa shape index (κ3) is 3.29. The molecule has 0 saturated carbocycles. The minimum absolute atomic E-state index is 0.437. The Balaban J connectivity index is 2.96. The van der Waals surface area contributed by atoms with Gasteiger partial charge in [-0.3, -0.25) is 0 Å². The summed E-state index contributed by atoms with van der Waals surface area (Å²) < 4.78 is 4.86. The van der Waals surface area contributed by atoms with Gasteiger partial charge in [0.25, 0.3) is 0 Å². The van der Waals surface area contributed by atoms with Gasteiger partial charge in [0, 0.05) is 22.0 Å². The second-order valence-corrected chi connectivity index (χ2v) is 3.70. The number of primary amides is 1. The van der Waals surface area contributed by atoms with Crippen LogP contribution in [-0.2, 0) is 4.74 Å². The third-order valence-corrected chi connectivity index (χ3v) is 2.38. The van der Waals surface area contributed by atoms with Gasteiger partial charge in [-0.2, -0.15) is 0 Å². The fourth-order valence-electron chi connectivity index (χ4n) is 1.17. The lowest BCUT2D eigenvalue weighted by Crippen LogP contribution is -2.17. The molecule has 81 valence electrons. The van der Waals surface area contributed by atoms with Crippen LogP contribution in [-0.4, -0.2) is 6.09 Å². The van der Waals surface area contributed by atoms with Crippen molar-refractivity contribution in [1.82, 2.24) is 0 Å². The molecule has 5 heteroatoms. The number of halogens is 2. The third-order valence-electron chi connectivity index (χ3n) is 1.81. The fourth-order valence-corrected chi connectivity index (χ4v) is 1.68. The van der Waals surface area contributed by atoms with Crippen molar-refractivity contribution >= 4 is 29.3 Å². The first-order chi connectivity index (χ1) is 7.04. The first-order valence-corrected chi connectivity index (χ1v) is 5.00. The van der Waals surface area contributed by atoms with E-state index in [4.69, 9.17) is 33.7 Å². The Hall–Kier alpha value is -0.930. The van der Waals surface area contributed by atoms with Crippen LogP contribution in [0.4, 0.5) is 4.79 Å². The summed E-state index contributed by atoms with van der Waals surface area (Å²) in [4.78, 5) is 10.6. The highest BCUT2D eigenvalue weighted by Crippen LogP contribution is 2.29. The van der Waals surface area contributed by atoms with Crippen LogP contribution in [0.2, 0.25) is 10.0 Å². The van der Waals surface area contributed by atoms with E-state index in [2.05, 4.69) is 0 Å². The van der Waals surface area contributed by atoms with Crippen molar-refractivity contribution in [2.75, 3.05) is 0 Å². The monoisotopic (exact) mass is 246 g/mol. The summed E-state index contributed by atoms with van der Waals surface area (Å²) in [7, 11) is 0. The van der Waals surface area contributed by atoms with Crippen LogP contribution in [0.1, 0.15) is 18.6 Å². The van der Waals surface area contributed by atoms with Crippen molar-refractivity contribution in [3.05, 3.63) is 40.2 Å². The molecule has 0 aliphatic rings. The minimum Gasteiger partial charge on any atom is -0.441 e. The largest absolute Gasteiger partial charge is 0.441 e. The number of carbonyl (C=O) groups is 1. The molecule has 0 fully saturated rings. The molecule has 0 saturated heterocycles. The molecule has 0 aromatic heterocycles. The Labute approximate surface area is 98.1 Å². The van der Waals surface area contributed by atoms with Gasteiger partial charge >= 0.3 is 6.09 Å². The van der Waals surface area contributed by atoms with E-state index >= 15 is 0 Å². The van der Waals surface area contributed by atoms with Crippen LogP contribution in [0.25, 0.3) is 0 Å². The highest BCUT2D eigenvalue weighted by atomic mass is 35.5. The quantitative estimate of drug-likeness (QED) is 0.890. The van der Waals surface area contributed by atoms with E-state index in [9.17, 15) is 4.79 Å². The Morgan fingerprint density at radius 3 is 2.67 bits per heavy atom. The highest BCUT2D eigenvalue weighted by molar-refractivity contribution is 6.35. The SMILES string of the molecule is C[CH]C(OC(N)=O)c1ccc(Cl)cc1Cl. The van der Waals surface area contributed by atoms with Gasteiger partial charge < -0.3 is 10.5 Å². The van der Waals surface area contributed by atoms with Gasteiger partial charge in [0.2, 0.25) is 0 Å². The van der Waals surface area contributed by atoms with Gasteiger partial charge in [0.15, 0.2) is 0 Å². The molecule has 1 atom stereocenters. The zero-order valence-electron chi connectivity index (χ0n) is 8.04. The summed E-state index contributed by atoms with van der Waals surface area (Å²) in [6, 6.07) is 4.95. The van der Waals surface area contributed by atoms with Crippen LogP contribution in [0.5, 0.6) is 0 Å². The molecule has 1 rings (SSSR count). The normalized spacial score (nSPS) is 12.2. The maximum absolute atomic E-state index is 10.6. The van der Waals surface area contributed by atoms with E-state index < -0.39 is 12.2 Å². The Bertz CT molecular complexity index is 368. The zero-order chi connectivity index (χ0) is 11.4. The Morgan fingerprint density at radius 1 is 1.53 bits per heavy atom. The van der Waals surface area contributed by atoms with Gasteiger partial charge in [0.05, 0.1) is 0 Å². The van der Waals surface area contributed by atoms with Crippen LogP contribution in [0.3, 0.4) is 0 Å². The molecular weight excluding hydrogens is 237 g/mol. The summed E-state index contributed by atoms with van der Waals surface area (Å²) in [5, 5.41) is 0.963. The standard InChI is InChI=1S/C10H10Cl2NO2/c1-2-9(15-10(13)14)7-4-3-6(11)5-8(7)12/h2-5,9H,1H3,(H2,13,14). The zero-order valence-corrected chi connectivity index (χ0v) is 9.55. The summed E-state index contributed by atoms with van der Waals surface area (Å²) in [5.41, 5.74) is 5.59. The van der Waals surface area contributed by atoms with E-state index in [0.717, 1.165) is 0 Å². The number of benzene rings is 1. The average molecular weight is 247 g/mol. The summed E-state index contributed by atoms with van der Waals surface area (Å²) >= 11 is 11.7. The van der Waals surface area contributed by atoms with Crippen molar-refractivity contribution in [1.29, 1.82) is 0 Å². The first kappa shape index (κ1) is 12.1. The molecule has 0 spiro atoms. The highest BCUT2D eigenvalue weighted by Gasteiger charge is 2.16. The number of ether oxygens (including phenoxy) is 1. The van der Waals surface area contributed by atoms with E-state index in [1.807, 2.05) is 0 Å². The fraction of sp³-hybridized carbons (Fsp3) is 0.200. The minimum atomic E-state index is -0.843. The number of rotatable bonds is 3. The molecule has 0 bridgehead atoms. The van der Waals surface area contributed by atoms with E-state index in [1.54, 1.807) is 31.5 Å². The van der Waals surface area contributed by atoms with Crippen LogP contribution < -0.4 is 5.73 Å². The molecule has 2 N–H and O–H groups in total. The van der Waals surface area contributed by atoms with Crippen LogP contribution in [0.15, 0.2) is 18.2 Å². The Kier molecular flexibility index (Phi) is 4.24. The van der Waals surface area contributed by atoms with Crippen molar-refractivity contribution < 1.29 is 9.53 Å². The van der Waals surface area contributed by atoms with E-state index in [1.165, 1.54) is 0 Å². The molecule has 1 aromatic carbocycles. The molecule has 0 aliphatic carbocycles. The van der Waals surface area contributed by atoms with Gasteiger partial charge in [-0.05, 0) is 12.1 Å². The summed E-state index contributed by atoms with van der Waals surface area (Å²) in [5.74, 6) is 0. The van der Waals surface area contributed by atoms with Gasteiger partial charge in [-0.25, -0.2) is 4.79 Å². The van der Waals surface area contributed by atoms with Crippen molar-refractivity contribution in [3.63, 3.8) is 0 Å². The van der Waals surface area contributed by atoms with Crippen LogP contribution in [0, 0.1) is 6.42 Å². The molecule has 1 aromatic rings. The lowest BCUT2D eigenvalue weighted by molar-refractivity contribution is 0.123. The molecule has 15 heavy (non-hydrogen) atoms. The average Bonchev–Trinajstić information content (AvgIpc) is 2.14. The molecule has 0 aliphatic heterocycles. The second kappa shape index (κ2) is 5.24. The number of hydrogen-bond donors (Lipinski definition) is 1. The van der Waals surface area contributed by atoms with E-state index in [0.29, 0.717) is 15.6 Å². The molecule has 3 nitrogen and oxygen atoms in total. The van der Waals surface area contributed by atoms with Crippen molar-refractivity contribution in [3.8, 4) is 0 Å². The molecule has 1 radical (unpaired) electrons. The molecular formula is C10H10Cl2NO2. The summed E-state index contributed by atoms with van der Waals surface area (Å²) in [6.07, 6.45) is 0.288. The summed E-state index contributed by atoms with van der Waals surface area (Å²) in [6.45, 7) is 1.75. The maximum Gasteiger partial charge on any atom is 0.405 e. The predicted molar refractivity (Wildman–Crippen MR) is 59.8 cm³/mol. The molecule has 1 amide bonds. The van der Waals surface area contributed by atoms with Crippen molar-refractivity contribution in [2.45, 2.75) is 13.0 Å². The first-order valence-electron chi connectivity index (χ1n) is 4.25. The van der Waals surface area contributed by atoms with Crippen molar-refractivity contribution in [2.24, 2.45) is 5.73 Å². The molecule has 1 unspecified atom stereocenters. The van der Waals surface area contributed by atoms with Gasteiger partial charge in [0.1, 0.15) is 6.10 Å². The number of hydrogen-bond acceptors (Lipinski definition) is 2. The topological polar surface area (TPSA) is 52.3 Å². The number of amides is 1. The molecule has 0 heterocycles. The lowest BCUT2D eigenvalue weighted by Gasteiger charge is -2.16. The second-order valence-electron chi connectivity index (χ2n) is 2.86.